The van der Waals surface area contributed by atoms with Gasteiger partial charge in [-0.3, -0.25) is 0 Å². The quantitative estimate of drug-likeness (QED) is 0.850. The summed E-state index contributed by atoms with van der Waals surface area (Å²) in [6.07, 6.45) is -5.70. The second kappa shape index (κ2) is 4.67. The van der Waals surface area contributed by atoms with Crippen molar-refractivity contribution in [3.8, 4) is 0 Å². The summed E-state index contributed by atoms with van der Waals surface area (Å²) >= 11 is 5.63. The number of anilines is 1. The number of aliphatic hydroxyl groups excluding tert-OH is 1. The molecule has 0 bridgehead atoms. The molecule has 0 saturated carbocycles. The highest BCUT2D eigenvalue weighted by molar-refractivity contribution is 6.32. The Balaban J connectivity index is 2.55. The maximum atomic E-state index is 11.9. The molecule has 0 amide bonds. The van der Waals surface area contributed by atoms with E-state index in [0.29, 0.717) is 0 Å². The first kappa shape index (κ1) is 12.1. The van der Waals surface area contributed by atoms with Crippen molar-refractivity contribution < 1.29 is 18.3 Å². The van der Waals surface area contributed by atoms with Crippen LogP contribution in [0.3, 0.4) is 0 Å². The van der Waals surface area contributed by atoms with Gasteiger partial charge in [-0.25, -0.2) is 4.98 Å². The Bertz CT molecular complexity index is 332. The number of aliphatic hydroxyl groups is 1. The van der Waals surface area contributed by atoms with Gasteiger partial charge < -0.3 is 10.4 Å². The molecule has 0 radical (unpaired) electrons. The number of halogens is 4. The van der Waals surface area contributed by atoms with Crippen LogP contribution in [0.25, 0.3) is 0 Å². The Labute approximate surface area is 88.9 Å². The van der Waals surface area contributed by atoms with E-state index in [0.717, 1.165) is 0 Å². The van der Waals surface area contributed by atoms with E-state index in [9.17, 15) is 13.2 Å². The van der Waals surface area contributed by atoms with Crippen molar-refractivity contribution in [2.24, 2.45) is 0 Å². The first-order valence-corrected chi connectivity index (χ1v) is 4.38. The fourth-order valence-electron chi connectivity index (χ4n) is 0.825. The molecule has 0 saturated heterocycles. The highest BCUT2D eigenvalue weighted by Crippen LogP contribution is 2.22. The molecule has 0 aliphatic rings. The van der Waals surface area contributed by atoms with Crippen LogP contribution in [0.5, 0.6) is 0 Å². The summed E-state index contributed by atoms with van der Waals surface area (Å²) in [5, 5.41) is 11.2. The largest absolute Gasteiger partial charge is 0.416 e. The molecule has 3 nitrogen and oxygen atoms in total. The fourth-order valence-corrected chi connectivity index (χ4v) is 1.01. The van der Waals surface area contributed by atoms with Crippen LogP contribution in [0.4, 0.5) is 19.0 Å². The zero-order valence-corrected chi connectivity index (χ0v) is 8.18. The summed E-state index contributed by atoms with van der Waals surface area (Å²) in [5.74, 6) is 0.113. The minimum absolute atomic E-state index is 0.113. The van der Waals surface area contributed by atoms with Crippen LogP contribution in [0, 0.1) is 0 Å². The highest BCUT2D eigenvalue weighted by atomic mass is 35.5. The lowest BCUT2D eigenvalue weighted by molar-refractivity contribution is -0.198. The standard InChI is InChI=1S/C8H8ClF3N2O/c9-5-2-1-3-13-7(5)14-4-6(15)8(10,11)12/h1-3,6,15H,4H2,(H,13,14). The van der Waals surface area contributed by atoms with Gasteiger partial charge in [-0.05, 0) is 12.1 Å². The fraction of sp³-hybridized carbons (Fsp3) is 0.375. The molecule has 0 fully saturated rings. The lowest BCUT2D eigenvalue weighted by Gasteiger charge is -2.15. The van der Waals surface area contributed by atoms with E-state index < -0.39 is 18.8 Å². The van der Waals surface area contributed by atoms with Gasteiger partial charge in [0.15, 0.2) is 6.10 Å². The Kier molecular flexibility index (Phi) is 3.76. The van der Waals surface area contributed by atoms with Crippen molar-refractivity contribution in [3.63, 3.8) is 0 Å². The molecule has 7 heteroatoms. The van der Waals surface area contributed by atoms with E-state index in [1.807, 2.05) is 0 Å². The third-order valence-electron chi connectivity index (χ3n) is 1.60. The van der Waals surface area contributed by atoms with E-state index >= 15 is 0 Å². The number of hydrogen-bond donors (Lipinski definition) is 2. The number of nitrogens with one attached hydrogen (secondary N) is 1. The molecule has 2 N–H and O–H groups in total. The molecule has 1 heterocycles. The van der Waals surface area contributed by atoms with Gasteiger partial charge >= 0.3 is 6.18 Å². The van der Waals surface area contributed by atoms with E-state index in [1.165, 1.54) is 12.3 Å². The predicted octanol–water partition coefficient (Wildman–Crippen LogP) is 2.07. The van der Waals surface area contributed by atoms with Crippen LogP contribution in [0.15, 0.2) is 18.3 Å². The van der Waals surface area contributed by atoms with Crippen molar-refractivity contribution in [1.82, 2.24) is 4.98 Å². The molecule has 1 atom stereocenters. The van der Waals surface area contributed by atoms with Crippen LogP contribution in [-0.2, 0) is 0 Å². The smallest absolute Gasteiger partial charge is 0.382 e. The van der Waals surface area contributed by atoms with Crippen LogP contribution in [0.2, 0.25) is 5.02 Å². The Hall–Kier alpha value is -1.01. The number of rotatable bonds is 3. The molecule has 0 aromatic carbocycles. The summed E-state index contributed by atoms with van der Waals surface area (Å²) in [4.78, 5) is 3.71. The molecule has 1 unspecified atom stereocenters. The van der Waals surface area contributed by atoms with Gasteiger partial charge in [0.2, 0.25) is 0 Å². The molecular weight excluding hydrogens is 233 g/mol. The van der Waals surface area contributed by atoms with Gasteiger partial charge in [-0.2, -0.15) is 13.2 Å². The summed E-state index contributed by atoms with van der Waals surface area (Å²) in [7, 11) is 0. The van der Waals surface area contributed by atoms with Gasteiger partial charge in [-0.1, -0.05) is 11.6 Å². The van der Waals surface area contributed by atoms with Crippen molar-refractivity contribution >= 4 is 17.4 Å². The summed E-state index contributed by atoms with van der Waals surface area (Å²) in [5.41, 5.74) is 0. The normalized spacial score (nSPS) is 13.7. The van der Waals surface area contributed by atoms with E-state index in [-0.39, 0.29) is 10.8 Å². The molecule has 1 aromatic rings. The predicted molar refractivity (Wildman–Crippen MR) is 49.8 cm³/mol. The van der Waals surface area contributed by atoms with E-state index in [2.05, 4.69) is 10.3 Å². The summed E-state index contributed by atoms with van der Waals surface area (Å²) in [6, 6.07) is 3.03. The maximum Gasteiger partial charge on any atom is 0.416 e. The van der Waals surface area contributed by atoms with E-state index in [4.69, 9.17) is 16.7 Å². The number of nitrogens with zero attached hydrogens (tertiary/aromatic N) is 1. The first-order valence-electron chi connectivity index (χ1n) is 4.00. The molecule has 0 spiro atoms. The molecule has 84 valence electrons. The third-order valence-corrected chi connectivity index (χ3v) is 1.90. The molecule has 1 aromatic heterocycles. The summed E-state index contributed by atoms with van der Waals surface area (Å²) < 4.78 is 35.7. The van der Waals surface area contributed by atoms with Crippen molar-refractivity contribution in [1.29, 1.82) is 0 Å². The van der Waals surface area contributed by atoms with E-state index in [1.54, 1.807) is 6.07 Å². The second-order valence-electron chi connectivity index (χ2n) is 2.77. The highest BCUT2D eigenvalue weighted by Gasteiger charge is 2.37. The Morgan fingerprint density at radius 3 is 2.73 bits per heavy atom. The molecule has 1 rings (SSSR count). The summed E-state index contributed by atoms with van der Waals surface area (Å²) in [6.45, 7) is -0.680. The molecule has 15 heavy (non-hydrogen) atoms. The van der Waals surface area contributed by atoms with Gasteiger partial charge in [0.05, 0.1) is 11.6 Å². The monoisotopic (exact) mass is 240 g/mol. The zero-order valence-electron chi connectivity index (χ0n) is 7.42. The number of aromatic nitrogens is 1. The maximum absolute atomic E-state index is 11.9. The topological polar surface area (TPSA) is 45.1 Å². The van der Waals surface area contributed by atoms with Crippen molar-refractivity contribution in [3.05, 3.63) is 23.4 Å². The Morgan fingerprint density at radius 1 is 1.53 bits per heavy atom. The van der Waals surface area contributed by atoms with Crippen LogP contribution in [0.1, 0.15) is 0 Å². The Morgan fingerprint density at radius 2 is 2.20 bits per heavy atom. The minimum Gasteiger partial charge on any atom is -0.382 e. The zero-order chi connectivity index (χ0) is 11.5. The first-order chi connectivity index (χ1) is 6.91. The molecule has 0 aliphatic heterocycles. The van der Waals surface area contributed by atoms with Crippen molar-refractivity contribution in [2.45, 2.75) is 12.3 Å². The van der Waals surface area contributed by atoms with Crippen LogP contribution >= 0.6 is 11.6 Å². The number of pyridine rings is 1. The van der Waals surface area contributed by atoms with Gasteiger partial charge in [-0.15, -0.1) is 0 Å². The number of hydrogen-bond acceptors (Lipinski definition) is 3. The SMILES string of the molecule is OC(CNc1ncccc1Cl)C(F)(F)F. The van der Waals surface area contributed by atoms with Crippen molar-refractivity contribution in [2.75, 3.05) is 11.9 Å². The minimum atomic E-state index is -4.64. The lowest BCUT2D eigenvalue weighted by Crippen LogP contribution is -2.35. The average molecular weight is 241 g/mol. The third kappa shape index (κ3) is 3.56. The lowest BCUT2D eigenvalue weighted by atomic mass is 10.3. The molecule has 0 aliphatic carbocycles. The number of alkyl halides is 3. The van der Waals surface area contributed by atoms with Crippen LogP contribution < -0.4 is 5.32 Å². The molecular formula is C8H8ClF3N2O. The van der Waals surface area contributed by atoms with Gasteiger partial charge in [0, 0.05) is 6.20 Å². The second-order valence-corrected chi connectivity index (χ2v) is 3.18. The van der Waals surface area contributed by atoms with Gasteiger partial charge in [0.1, 0.15) is 5.82 Å². The van der Waals surface area contributed by atoms with Crippen LogP contribution in [-0.4, -0.2) is 28.9 Å². The average Bonchev–Trinajstić information content (AvgIpc) is 2.14. The van der Waals surface area contributed by atoms with Gasteiger partial charge in [0.25, 0.3) is 0 Å².